The fourth-order valence-electron chi connectivity index (χ4n) is 2.90. The number of fused-ring (bicyclic) bond motifs is 1. The number of anilines is 1. The lowest BCUT2D eigenvalue weighted by atomic mass is 10.2. The number of hydrogen-bond acceptors (Lipinski definition) is 5. The highest BCUT2D eigenvalue weighted by Crippen LogP contribution is 2.20. The van der Waals surface area contributed by atoms with Crippen LogP contribution in [0, 0.1) is 13.8 Å². The monoisotopic (exact) mass is 333 g/mol. The summed E-state index contributed by atoms with van der Waals surface area (Å²) in [5, 5.41) is 7.62. The molecule has 7 nitrogen and oxygen atoms in total. The smallest absolute Gasteiger partial charge is 0.223 e. The van der Waals surface area contributed by atoms with Crippen LogP contribution in [0.1, 0.15) is 17.0 Å². The predicted octanol–water partition coefficient (Wildman–Crippen LogP) is 2.75. The van der Waals surface area contributed by atoms with Crippen molar-refractivity contribution < 1.29 is 0 Å². The topological polar surface area (TPSA) is 72.9 Å². The van der Waals surface area contributed by atoms with Gasteiger partial charge in [0.05, 0.1) is 23.6 Å². The van der Waals surface area contributed by atoms with Crippen molar-refractivity contribution >= 4 is 11.6 Å². The summed E-state index contributed by atoms with van der Waals surface area (Å²) in [7, 11) is 1.91. The average molecular weight is 333 g/mol. The van der Waals surface area contributed by atoms with Gasteiger partial charge < -0.3 is 9.72 Å². The average Bonchev–Trinajstić information content (AvgIpc) is 3.17. The number of nitrogens with zero attached hydrogens (tertiary/aromatic N) is 6. The predicted molar refractivity (Wildman–Crippen MR) is 96.2 cm³/mol. The van der Waals surface area contributed by atoms with E-state index in [2.05, 4.69) is 38.4 Å². The first kappa shape index (κ1) is 15.3. The van der Waals surface area contributed by atoms with Crippen LogP contribution < -0.4 is 5.32 Å². The van der Waals surface area contributed by atoms with Crippen molar-refractivity contribution in [3.8, 4) is 11.3 Å². The largest absolute Gasteiger partial charge is 0.348 e. The number of aryl methyl sites for hydroxylation is 3. The van der Waals surface area contributed by atoms with Crippen LogP contribution in [0.4, 0.5) is 5.95 Å². The van der Waals surface area contributed by atoms with Gasteiger partial charge in [0.1, 0.15) is 5.65 Å². The Hall–Kier alpha value is -3.22. The number of imidazole rings is 1. The Morgan fingerprint density at radius 1 is 1.12 bits per heavy atom. The molecule has 0 bridgehead atoms. The highest BCUT2D eigenvalue weighted by Gasteiger charge is 2.09. The van der Waals surface area contributed by atoms with E-state index in [0.29, 0.717) is 12.5 Å². The molecule has 25 heavy (non-hydrogen) atoms. The fraction of sp³-hybridized carbons (Fsp3) is 0.222. The first-order chi connectivity index (χ1) is 12.1. The molecule has 1 N–H and O–H groups in total. The van der Waals surface area contributed by atoms with Crippen LogP contribution in [-0.4, -0.2) is 29.1 Å². The first-order valence-corrected chi connectivity index (χ1v) is 8.11. The Morgan fingerprint density at radius 3 is 2.76 bits per heavy atom. The standard InChI is InChI=1S/C18H19N7/c1-12-5-4-8-25-10-14(21-17(12)25)9-20-18-19-7-6-16(22-18)15-11-24(3)23-13(15)2/h4-8,10-11H,9H2,1-3H3,(H,19,20,22). The van der Waals surface area contributed by atoms with Gasteiger partial charge in [0.15, 0.2) is 0 Å². The Kier molecular flexibility index (Phi) is 3.68. The minimum Gasteiger partial charge on any atom is -0.348 e. The molecule has 0 aromatic carbocycles. The van der Waals surface area contributed by atoms with E-state index in [1.807, 2.05) is 49.1 Å². The van der Waals surface area contributed by atoms with E-state index in [4.69, 9.17) is 0 Å². The van der Waals surface area contributed by atoms with Crippen LogP contribution in [0.3, 0.4) is 0 Å². The Bertz CT molecular complexity index is 1040. The van der Waals surface area contributed by atoms with E-state index >= 15 is 0 Å². The number of aromatic nitrogens is 6. The van der Waals surface area contributed by atoms with Gasteiger partial charge in [-0.05, 0) is 31.5 Å². The molecule has 7 heteroatoms. The van der Waals surface area contributed by atoms with E-state index in [0.717, 1.165) is 33.9 Å². The van der Waals surface area contributed by atoms with Gasteiger partial charge in [-0.3, -0.25) is 4.68 Å². The zero-order chi connectivity index (χ0) is 17.4. The van der Waals surface area contributed by atoms with E-state index in [1.54, 1.807) is 10.9 Å². The molecule has 4 rings (SSSR count). The van der Waals surface area contributed by atoms with Crippen molar-refractivity contribution in [3.63, 3.8) is 0 Å². The summed E-state index contributed by atoms with van der Waals surface area (Å²) < 4.78 is 3.82. The summed E-state index contributed by atoms with van der Waals surface area (Å²) in [6.45, 7) is 4.60. The molecule has 0 radical (unpaired) electrons. The Morgan fingerprint density at radius 2 is 2.00 bits per heavy atom. The van der Waals surface area contributed by atoms with Crippen LogP contribution in [0.2, 0.25) is 0 Å². The zero-order valence-corrected chi connectivity index (χ0v) is 14.4. The van der Waals surface area contributed by atoms with E-state index < -0.39 is 0 Å². The number of pyridine rings is 1. The summed E-state index contributed by atoms with van der Waals surface area (Å²) in [6.07, 6.45) is 7.74. The molecule has 0 atom stereocenters. The van der Waals surface area contributed by atoms with Gasteiger partial charge in [-0.25, -0.2) is 15.0 Å². The van der Waals surface area contributed by atoms with Gasteiger partial charge in [-0.15, -0.1) is 0 Å². The second-order valence-corrected chi connectivity index (χ2v) is 6.08. The van der Waals surface area contributed by atoms with Gasteiger partial charge in [-0.1, -0.05) is 6.07 Å². The maximum absolute atomic E-state index is 4.66. The SMILES string of the molecule is Cc1nn(C)cc1-c1ccnc(NCc2cn3cccc(C)c3n2)n1. The van der Waals surface area contributed by atoms with Crippen LogP contribution in [0.25, 0.3) is 16.9 Å². The first-order valence-electron chi connectivity index (χ1n) is 8.11. The highest BCUT2D eigenvalue weighted by atomic mass is 15.3. The molecule has 0 unspecified atom stereocenters. The molecule has 4 heterocycles. The molecule has 0 fully saturated rings. The minimum atomic E-state index is 0.566. The second kappa shape index (κ2) is 6.01. The summed E-state index contributed by atoms with van der Waals surface area (Å²) in [5.41, 5.74) is 5.88. The zero-order valence-electron chi connectivity index (χ0n) is 14.4. The van der Waals surface area contributed by atoms with Crippen LogP contribution in [0.5, 0.6) is 0 Å². The summed E-state index contributed by atoms with van der Waals surface area (Å²) >= 11 is 0. The molecule has 4 aromatic rings. The molecular weight excluding hydrogens is 314 g/mol. The normalized spacial score (nSPS) is 11.2. The van der Waals surface area contributed by atoms with Gasteiger partial charge in [-0.2, -0.15) is 5.10 Å². The van der Waals surface area contributed by atoms with Crippen LogP contribution >= 0.6 is 0 Å². The second-order valence-electron chi connectivity index (χ2n) is 6.08. The van der Waals surface area contributed by atoms with Crippen molar-refractivity contribution in [2.45, 2.75) is 20.4 Å². The number of nitrogens with one attached hydrogen (secondary N) is 1. The molecular formula is C18H19N7. The lowest BCUT2D eigenvalue weighted by molar-refractivity contribution is 0.756. The summed E-state index contributed by atoms with van der Waals surface area (Å²) in [5.74, 6) is 0.578. The molecule has 0 amide bonds. The maximum Gasteiger partial charge on any atom is 0.223 e. The van der Waals surface area contributed by atoms with Crippen LogP contribution in [-0.2, 0) is 13.6 Å². The molecule has 126 valence electrons. The third kappa shape index (κ3) is 2.96. The van der Waals surface area contributed by atoms with Gasteiger partial charge in [0.2, 0.25) is 5.95 Å². The summed E-state index contributed by atoms with van der Waals surface area (Å²) in [4.78, 5) is 13.6. The van der Waals surface area contributed by atoms with Gasteiger partial charge in [0, 0.05) is 37.4 Å². The quantitative estimate of drug-likeness (QED) is 0.622. The summed E-state index contributed by atoms with van der Waals surface area (Å²) in [6, 6.07) is 5.97. The van der Waals surface area contributed by atoms with Gasteiger partial charge >= 0.3 is 0 Å². The van der Waals surface area contributed by atoms with Gasteiger partial charge in [0.25, 0.3) is 0 Å². The number of hydrogen-bond donors (Lipinski definition) is 1. The third-order valence-electron chi connectivity index (χ3n) is 4.10. The number of rotatable bonds is 4. The van der Waals surface area contributed by atoms with Crippen molar-refractivity contribution in [1.29, 1.82) is 0 Å². The van der Waals surface area contributed by atoms with Crippen molar-refractivity contribution in [2.24, 2.45) is 7.05 Å². The van der Waals surface area contributed by atoms with Crippen molar-refractivity contribution in [1.82, 2.24) is 29.1 Å². The molecule has 0 saturated heterocycles. The van der Waals surface area contributed by atoms with Crippen molar-refractivity contribution in [3.05, 3.63) is 59.9 Å². The van der Waals surface area contributed by atoms with E-state index in [9.17, 15) is 0 Å². The Balaban J connectivity index is 1.55. The van der Waals surface area contributed by atoms with Crippen LogP contribution in [0.15, 0.2) is 43.0 Å². The fourth-order valence-corrected chi connectivity index (χ4v) is 2.90. The molecule has 4 aromatic heterocycles. The molecule has 0 spiro atoms. The molecule has 0 aliphatic heterocycles. The minimum absolute atomic E-state index is 0.566. The van der Waals surface area contributed by atoms with E-state index in [-0.39, 0.29) is 0 Å². The molecule has 0 saturated carbocycles. The third-order valence-corrected chi connectivity index (χ3v) is 4.10. The lowest BCUT2D eigenvalue weighted by Crippen LogP contribution is -2.04. The maximum atomic E-state index is 4.66. The van der Waals surface area contributed by atoms with Crippen molar-refractivity contribution in [2.75, 3.05) is 5.32 Å². The van der Waals surface area contributed by atoms with E-state index in [1.165, 1.54) is 0 Å². The lowest BCUT2D eigenvalue weighted by Gasteiger charge is -2.04. The highest BCUT2D eigenvalue weighted by molar-refractivity contribution is 5.61. The Labute approximate surface area is 145 Å². The molecule has 0 aliphatic carbocycles. The molecule has 0 aliphatic rings.